The van der Waals surface area contributed by atoms with Crippen LogP contribution in [0.1, 0.15) is 65.4 Å². The Labute approximate surface area is 359 Å². The highest BCUT2D eigenvalue weighted by Gasteiger charge is 2.18. The Morgan fingerprint density at radius 1 is 0.468 bits per heavy atom. The lowest BCUT2D eigenvalue weighted by Crippen LogP contribution is -2.16. The molecule has 62 heavy (non-hydrogen) atoms. The molecule has 2 N–H and O–H groups in total. The second-order valence-corrected chi connectivity index (χ2v) is 14.4. The number of esters is 2. The molecule has 0 aliphatic carbocycles. The maximum Gasteiger partial charge on any atom is 0.337 e. The van der Waals surface area contributed by atoms with Gasteiger partial charge in [-0.3, -0.25) is 20.2 Å². The summed E-state index contributed by atoms with van der Waals surface area (Å²) in [5.41, 5.74) is 7.44. The molecule has 0 bridgehead atoms. The molecule has 0 spiro atoms. The van der Waals surface area contributed by atoms with Crippen LogP contribution < -0.4 is 10.6 Å². The van der Waals surface area contributed by atoms with Crippen LogP contribution >= 0.6 is 0 Å². The quantitative estimate of drug-likeness (QED) is 0.103. The first kappa shape index (κ1) is 42.3. The van der Waals surface area contributed by atoms with E-state index in [1.54, 1.807) is 48.5 Å². The SMILES string of the molecule is COC(=O)c1ccc2c(c1)nc(NC(=O)c1ccccc1)n2CCCc1ccccc1.COC(=O)c1ccc2c(c1)nc(NC(=O)c1ccccc1)n2CCCc1ccccc1. The number of hydrogen-bond donors (Lipinski definition) is 2. The van der Waals surface area contributed by atoms with Gasteiger partial charge in [-0.05, 0) is 97.5 Å². The summed E-state index contributed by atoms with van der Waals surface area (Å²) in [6, 6.07) is 49.1. The van der Waals surface area contributed by atoms with Gasteiger partial charge in [-0.1, -0.05) is 97.1 Å². The third-order valence-corrected chi connectivity index (χ3v) is 10.2. The maximum atomic E-state index is 12.7. The summed E-state index contributed by atoms with van der Waals surface area (Å²) in [6.07, 6.45) is 3.57. The van der Waals surface area contributed by atoms with Crippen molar-refractivity contribution in [2.24, 2.45) is 0 Å². The molecule has 12 heteroatoms. The van der Waals surface area contributed by atoms with Crippen molar-refractivity contribution in [1.29, 1.82) is 0 Å². The number of amides is 2. The molecule has 2 heterocycles. The highest BCUT2D eigenvalue weighted by Crippen LogP contribution is 2.25. The highest BCUT2D eigenvalue weighted by atomic mass is 16.5. The largest absolute Gasteiger partial charge is 0.465 e. The van der Waals surface area contributed by atoms with Crippen LogP contribution in [0.4, 0.5) is 11.9 Å². The minimum atomic E-state index is -0.421. The lowest BCUT2D eigenvalue weighted by molar-refractivity contribution is 0.0592. The van der Waals surface area contributed by atoms with Gasteiger partial charge in [-0.15, -0.1) is 0 Å². The molecule has 0 aliphatic heterocycles. The van der Waals surface area contributed by atoms with E-state index >= 15 is 0 Å². The molecule has 0 radical (unpaired) electrons. The first-order valence-corrected chi connectivity index (χ1v) is 20.3. The number of nitrogens with one attached hydrogen (secondary N) is 2. The van der Waals surface area contributed by atoms with Crippen molar-refractivity contribution in [2.45, 2.75) is 38.8 Å². The number of carbonyl (C=O) groups is 4. The number of carbonyl (C=O) groups excluding carboxylic acids is 4. The molecule has 0 unspecified atom stereocenters. The Morgan fingerprint density at radius 2 is 0.823 bits per heavy atom. The Morgan fingerprint density at radius 3 is 1.18 bits per heavy atom. The lowest BCUT2D eigenvalue weighted by Gasteiger charge is -2.10. The van der Waals surface area contributed by atoms with Crippen LogP contribution in [0.2, 0.25) is 0 Å². The van der Waals surface area contributed by atoms with Crippen molar-refractivity contribution >= 4 is 57.7 Å². The van der Waals surface area contributed by atoms with Gasteiger partial charge in [0.1, 0.15) is 0 Å². The average molecular weight is 827 g/mol. The third-order valence-electron chi connectivity index (χ3n) is 10.2. The van der Waals surface area contributed by atoms with Crippen LogP contribution in [0.15, 0.2) is 158 Å². The van der Waals surface area contributed by atoms with Crippen molar-refractivity contribution in [2.75, 3.05) is 24.9 Å². The van der Waals surface area contributed by atoms with Gasteiger partial charge in [-0.25, -0.2) is 19.6 Å². The summed E-state index contributed by atoms with van der Waals surface area (Å²) in [5, 5.41) is 5.85. The number of aromatic nitrogens is 4. The number of anilines is 2. The Bertz CT molecular complexity index is 2590. The highest BCUT2D eigenvalue weighted by molar-refractivity contribution is 6.05. The molecule has 6 aromatic carbocycles. The number of rotatable bonds is 14. The minimum Gasteiger partial charge on any atom is -0.465 e. The number of methoxy groups -OCH3 is 2. The van der Waals surface area contributed by atoms with E-state index < -0.39 is 11.9 Å². The number of aryl methyl sites for hydroxylation is 4. The van der Waals surface area contributed by atoms with Gasteiger partial charge in [-0.2, -0.15) is 0 Å². The zero-order chi connectivity index (χ0) is 43.3. The Balaban J connectivity index is 0.000000186. The molecule has 8 aromatic rings. The second kappa shape index (κ2) is 20.4. The Kier molecular flexibility index (Phi) is 13.9. The number of nitrogens with zero attached hydrogens (tertiary/aromatic N) is 4. The first-order chi connectivity index (χ1) is 30.3. The lowest BCUT2D eigenvalue weighted by atomic mass is 10.1. The van der Waals surface area contributed by atoms with Gasteiger partial charge in [0.05, 0.1) is 47.4 Å². The fourth-order valence-corrected chi connectivity index (χ4v) is 7.09. The number of benzene rings is 6. The van der Waals surface area contributed by atoms with Gasteiger partial charge >= 0.3 is 11.9 Å². The van der Waals surface area contributed by atoms with Crippen molar-refractivity contribution in [3.05, 3.63) is 191 Å². The third kappa shape index (κ3) is 10.5. The molecule has 312 valence electrons. The van der Waals surface area contributed by atoms with Crippen molar-refractivity contribution in [3.63, 3.8) is 0 Å². The molecular weight excluding hydrogens is 781 g/mol. The van der Waals surface area contributed by atoms with Crippen LogP contribution in [-0.2, 0) is 35.4 Å². The van der Waals surface area contributed by atoms with E-state index in [0.717, 1.165) is 36.7 Å². The van der Waals surface area contributed by atoms with Crippen LogP contribution in [0, 0.1) is 0 Å². The Hall–Kier alpha value is -7.86. The normalized spacial score (nSPS) is 10.7. The molecule has 2 aromatic heterocycles. The molecule has 0 fully saturated rings. The monoisotopic (exact) mass is 826 g/mol. The summed E-state index contributed by atoms with van der Waals surface area (Å²) in [6.45, 7) is 1.35. The smallest absolute Gasteiger partial charge is 0.337 e. The summed E-state index contributed by atoms with van der Waals surface area (Å²) in [7, 11) is 2.69. The second-order valence-electron chi connectivity index (χ2n) is 14.4. The van der Waals surface area contributed by atoms with Crippen LogP contribution in [0.5, 0.6) is 0 Å². The number of ether oxygens (including phenoxy) is 2. The molecule has 12 nitrogen and oxygen atoms in total. The number of fused-ring (bicyclic) bond motifs is 2. The van der Waals surface area contributed by atoms with E-state index in [1.165, 1.54) is 25.3 Å². The van der Waals surface area contributed by atoms with Gasteiger partial charge in [0, 0.05) is 24.2 Å². The van der Waals surface area contributed by atoms with Crippen LogP contribution in [0.3, 0.4) is 0 Å². The van der Waals surface area contributed by atoms with Gasteiger partial charge in [0.25, 0.3) is 11.8 Å². The predicted molar refractivity (Wildman–Crippen MR) is 240 cm³/mol. The number of hydrogen-bond acceptors (Lipinski definition) is 8. The minimum absolute atomic E-state index is 0.228. The van der Waals surface area contributed by atoms with E-state index in [-0.39, 0.29) is 11.8 Å². The molecule has 0 aliphatic rings. The van der Waals surface area contributed by atoms with Gasteiger partial charge < -0.3 is 18.6 Å². The fraction of sp³-hybridized carbons (Fsp3) is 0.160. The zero-order valence-corrected chi connectivity index (χ0v) is 34.5. The van der Waals surface area contributed by atoms with Crippen molar-refractivity contribution in [3.8, 4) is 0 Å². The summed E-state index contributed by atoms with van der Waals surface area (Å²) in [5.74, 6) is -0.384. The van der Waals surface area contributed by atoms with Crippen molar-refractivity contribution in [1.82, 2.24) is 19.1 Å². The topological polar surface area (TPSA) is 146 Å². The zero-order valence-electron chi connectivity index (χ0n) is 34.5. The van der Waals surface area contributed by atoms with E-state index in [1.807, 2.05) is 94.1 Å². The first-order valence-electron chi connectivity index (χ1n) is 20.3. The molecular formula is C50H46N6O6. The van der Waals surface area contributed by atoms with E-state index in [2.05, 4.69) is 44.9 Å². The van der Waals surface area contributed by atoms with E-state index in [4.69, 9.17) is 9.47 Å². The standard InChI is InChI=1S/2C25H23N3O3/c2*1-31-24(30)20-14-15-22-21(17-20)26-25(27-23(29)19-12-6-3-7-13-19)28(22)16-8-11-18-9-4-2-5-10-18/h2*2-7,9-10,12-15,17H,8,11,16H2,1H3,(H,26,27,29). The summed E-state index contributed by atoms with van der Waals surface area (Å²) < 4.78 is 13.6. The molecule has 0 saturated carbocycles. The average Bonchev–Trinajstić information content (AvgIpc) is 3.85. The molecule has 0 saturated heterocycles. The maximum absolute atomic E-state index is 12.7. The van der Waals surface area contributed by atoms with Crippen LogP contribution in [-0.4, -0.2) is 57.1 Å². The summed E-state index contributed by atoms with van der Waals surface area (Å²) >= 11 is 0. The molecule has 2 amide bonds. The van der Waals surface area contributed by atoms with Gasteiger partial charge in [0.15, 0.2) is 0 Å². The fourth-order valence-electron chi connectivity index (χ4n) is 7.09. The van der Waals surface area contributed by atoms with Gasteiger partial charge in [0.2, 0.25) is 11.9 Å². The van der Waals surface area contributed by atoms with Crippen LogP contribution in [0.25, 0.3) is 22.1 Å². The summed E-state index contributed by atoms with van der Waals surface area (Å²) in [4.78, 5) is 58.5. The molecule has 0 atom stereocenters. The van der Waals surface area contributed by atoms with E-state index in [9.17, 15) is 19.2 Å². The predicted octanol–water partition coefficient (Wildman–Crippen LogP) is 9.42. The van der Waals surface area contributed by atoms with Crippen molar-refractivity contribution < 1.29 is 28.7 Å². The molecule has 8 rings (SSSR count). The van der Waals surface area contributed by atoms with E-state index in [0.29, 0.717) is 58.3 Å². The number of imidazole rings is 2.